The van der Waals surface area contributed by atoms with Gasteiger partial charge in [0.25, 0.3) is 0 Å². The highest BCUT2D eigenvalue weighted by atomic mass is 16.5. The van der Waals surface area contributed by atoms with Crippen molar-refractivity contribution in [1.29, 1.82) is 0 Å². The molecule has 3 heterocycles. The third-order valence-corrected chi connectivity index (χ3v) is 5.69. The van der Waals surface area contributed by atoms with Crippen molar-refractivity contribution in [2.75, 3.05) is 26.3 Å². The first-order valence-electron chi connectivity index (χ1n) is 10.3. The predicted octanol–water partition coefficient (Wildman–Crippen LogP) is 1.80. The van der Waals surface area contributed by atoms with Crippen LogP contribution in [-0.2, 0) is 20.7 Å². The molecule has 1 atom stereocenters. The average molecular weight is 409 g/mol. The number of nitrogens with zero attached hydrogens (tertiary/aromatic N) is 4. The van der Waals surface area contributed by atoms with Crippen LogP contribution in [0.1, 0.15) is 30.3 Å². The lowest BCUT2D eigenvalue weighted by atomic mass is 10.1. The minimum atomic E-state index is -0.546. The molecule has 3 aromatic rings. The van der Waals surface area contributed by atoms with E-state index in [1.807, 2.05) is 42.6 Å². The number of morpholine rings is 1. The highest BCUT2D eigenvalue weighted by molar-refractivity contribution is 5.92. The van der Waals surface area contributed by atoms with Gasteiger partial charge in [0.15, 0.2) is 5.65 Å². The van der Waals surface area contributed by atoms with Crippen LogP contribution in [0, 0.1) is 13.8 Å². The molecule has 0 saturated carbocycles. The van der Waals surface area contributed by atoms with Crippen LogP contribution in [0.15, 0.2) is 24.3 Å². The summed E-state index contributed by atoms with van der Waals surface area (Å²) in [5, 5.41) is 8.51. The molecular weight excluding hydrogens is 382 g/mol. The molecule has 8 heteroatoms. The van der Waals surface area contributed by atoms with Crippen LogP contribution in [0.3, 0.4) is 0 Å². The van der Waals surface area contributed by atoms with Crippen molar-refractivity contribution < 1.29 is 14.3 Å². The molecule has 1 N–H and O–H groups in total. The van der Waals surface area contributed by atoms with Crippen molar-refractivity contribution in [3.8, 4) is 0 Å². The van der Waals surface area contributed by atoms with Gasteiger partial charge < -0.3 is 15.0 Å². The summed E-state index contributed by atoms with van der Waals surface area (Å²) in [6, 6.07) is 7.38. The second-order valence-electron chi connectivity index (χ2n) is 7.74. The number of aryl methyl sites for hydroxylation is 2. The van der Waals surface area contributed by atoms with Crippen molar-refractivity contribution >= 4 is 28.4 Å². The summed E-state index contributed by atoms with van der Waals surface area (Å²) in [6.07, 6.45) is 0.831. The van der Waals surface area contributed by atoms with Crippen LogP contribution < -0.4 is 5.32 Å². The van der Waals surface area contributed by atoms with Gasteiger partial charge >= 0.3 is 0 Å². The number of rotatable bonds is 5. The number of hydrogen-bond donors (Lipinski definition) is 1. The highest BCUT2D eigenvalue weighted by Crippen LogP contribution is 2.22. The Morgan fingerprint density at radius 2 is 1.93 bits per heavy atom. The average Bonchev–Trinajstić information content (AvgIpc) is 3.12. The molecule has 0 radical (unpaired) electrons. The number of ether oxygens (including phenoxy) is 1. The monoisotopic (exact) mass is 409 g/mol. The van der Waals surface area contributed by atoms with Gasteiger partial charge in [-0.2, -0.15) is 5.10 Å². The van der Waals surface area contributed by atoms with Crippen molar-refractivity contribution in [2.45, 2.75) is 39.7 Å². The molecule has 1 saturated heterocycles. The number of nitrogens with one attached hydrogen (secondary N) is 1. The quantitative estimate of drug-likeness (QED) is 0.694. The van der Waals surface area contributed by atoms with E-state index in [9.17, 15) is 9.59 Å². The molecule has 1 aromatic carbocycles. The Labute approximate surface area is 175 Å². The minimum Gasteiger partial charge on any atom is -0.378 e. The second kappa shape index (κ2) is 8.39. The van der Waals surface area contributed by atoms with Gasteiger partial charge in [-0.15, -0.1) is 0 Å². The van der Waals surface area contributed by atoms with Gasteiger partial charge in [0, 0.05) is 36.3 Å². The van der Waals surface area contributed by atoms with E-state index in [1.54, 1.807) is 11.8 Å². The fourth-order valence-corrected chi connectivity index (χ4v) is 4.01. The van der Waals surface area contributed by atoms with E-state index in [2.05, 4.69) is 10.4 Å². The molecule has 1 aliphatic rings. The Balaban J connectivity index is 1.44. The maximum atomic E-state index is 12.5. The number of carbonyl (C=O) groups is 2. The van der Waals surface area contributed by atoms with Gasteiger partial charge in [-0.25, -0.2) is 9.50 Å². The first kappa shape index (κ1) is 20.3. The largest absolute Gasteiger partial charge is 0.378 e. The molecule has 1 fully saturated rings. The lowest BCUT2D eigenvalue weighted by Gasteiger charge is -2.29. The van der Waals surface area contributed by atoms with Crippen molar-refractivity contribution in [1.82, 2.24) is 24.8 Å². The lowest BCUT2D eigenvalue weighted by Crippen LogP contribution is -2.50. The predicted molar refractivity (Wildman–Crippen MR) is 113 cm³/mol. The third-order valence-electron chi connectivity index (χ3n) is 5.69. The Morgan fingerprint density at radius 3 is 2.70 bits per heavy atom. The normalized spacial score (nSPS) is 15.5. The third kappa shape index (κ3) is 3.87. The Kier molecular flexibility index (Phi) is 5.67. The summed E-state index contributed by atoms with van der Waals surface area (Å²) in [5.41, 5.74) is 4.63. The van der Waals surface area contributed by atoms with Gasteiger partial charge in [0.2, 0.25) is 11.8 Å². The van der Waals surface area contributed by atoms with Crippen molar-refractivity contribution in [3.05, 3.63) is 41.2 Å². The summed E-state index contributed by atoms with van der Waals surface area (Å²) in [7, 11) is 0. The smallest absolute Gasteiger partial charge is 0.245 e. The fourth-order valence-electron chi connectivity index (χ4n) is 4.01. The standard InChI is InChI=1S/C22H27N5O3/c1-14-17(16(3)27-21(24-14)18-6-4-5-7-19(18)25-27)8-9-20(28)23-15(2)22(29)26-10-12-30-13-11-26/h4-7,15H,8-13H2,1-3H3,(H,23,28). The van der Waals surface area contributed by atoms with E-state index in [4.69, 9.17) is 9.72 Å². The SMILES string of the molecule is Cc1nc2c3ccccc3nn2c(C)c1CCC(=O)NC(C)C(=O)N1CCOCC1. The van der Waals surface area contributed by atoms with Crippen LogP contribution in [-0.4, -0.2) is 63.7 Å². The number of hydrogen-bond acceptors (Lipinski definition) is 5. The molecular formula is C22H27N5O3. The zero-order valence-corrected chi connectivity index (χ0v) is 17.6. The number of amides is 2. The number of carbonyl (C=O) groups excluding carboxylic acids is 2. The molecule has 1 aliphatic heterocycles. The molecule has 30 heavy (non-hydrogen) atoms. The van der Waals surface area contributed by atoms with E-state index in [1.165, 1.54) is 0 Å². The summed E-state index contributed by atoms with van der Waals surface area (Å²) in [5.74, 6) is -0.209. The second-order valence-corrected chi connectivity index (χ2v) is 7.74. The summed E-state index contributed by atoms with van der Waals surface area (Å²) < 4.78 is 7.13. The van der Waals surface area contributed by atoms with Gasteiger partial charge in [0.1, 0.15) is 6.04 Å². The van der Waals surface area contributed by atoms with Crippen LogP contribution in [0.4, 0.5) is 0 Å². The molecule has 158 valence electrons. The molecule has 0 aliphatic carbocycles. The summed E-state index contributed by atoms with van der Waals surface area (Å²) in [6.45, 7) is 7.93. The van der Waals surface area contributed by atoms with Crippen molar-refractivity contribution in [2.24, 2.45) is 0 Å². The number of aromatic nitrogens is 3. The van der Waals surface area contributed by atoms with Crippen LogP contribution >= 0.6 is 0 Å². The molecule has 0 bridgehead atoms. The Morgan fingerprint density at radius 1 is 1.20 bits per heavy atom. The van der Waals surface area contributed by atoms with E-state index >= 15 is 0 Å². The van der Waals surface area contributed by atoms with Gasteiger partial charge in [-0.1, -0.05) is 12.1 Å². The van der Waals surface area contributed by atoms with E-state index in [0.29, 0.717) is 32.7 Å². The zero-order chi connectivity index (χ0) is 21.3. The first-order valence-corrected chi connectivity index (χ1v) is 10.3. The van der Waals surface area contributed by atoms with Crippen LogP contribution in [0.25, 0.3) is 16.6 Å². The van der Waals surface area contributed by atoms with Gasteiger partial charge in [0.05, 0.1) is 18.7 Å². The number of benzene rings is 1. The Bertz CT molecular complexity index is 1100. The molecule has 4 rings (SSSR count). The fraction of sp³-hybridized carbons (Fsp3) is 0.455. The lowest BCUT2D eigenvalue weighted by molar-refractivity contribution is -0.139. The summed E-state index contributed by atoms with van der Waals surface area (Å²) in [4.78, 5) is 31.5. The summed E-state index contributed by atoms with van der Waals surface area (Å²) >= 11 is 0. The maximum absolute atomic E-state index is 12.5. The van der Waals surface area contributed by atoms with Gasteiger partial charge in [-0.3, -0.25) is 9.59 Å². The molecule has 2 aromatic heterocycles. The van der Waals surface area contributed by atoms with E-state index in [0.717, 1.165) is 33.5 Å². The van der Waals surface area contributed by atoms with Crippen LogP contribution in [0.5, 0.6) is 0 Å². The van der Waals surface area contributed by atoms with Gasteiger partial charge in [-0.05, 0) is 44.9 Å². The Hall–Kier alpha value is -3.00. The molecule has 0 spiro atoms. The minimum absolute atomic E-state index is 0.0645. The van der Waals surface area contributed by atoms with E-state index < -0.39 is 6.04 Å². The molecule has 8 nitrogen and oxygen atoms in total. The van der Waals surface area contributed by atoms with Crippen LogP contribution in [0.2, 0.25) is 0 Å². The topological polar surface area (TPSA) is 88.8 Å². The first-order chi connectivity index (χ1) is 14.5. The van der Waals surface area contributed by atoms with Crippen molar-refractivity contribution in [3.63, 3.8) is 0 Å². The number of fused-ring (bicyclic) bond motifs is 3. The van der Waals surface area contributed by atoms with E-state index in [-0.39, 0.29) is 18.2 Å². The zero-order valence-electron chi connectivity index (χ0n) is 17.6. The maximum Gasteiger partial charge on any atom is 0.245 e. The highest BCUT2D eigenvalue weighted by Gasteiger charge is 2.24. The molecule has 1 unspecified atom stereocenters. The molecule has 2 amide bonds.